The second kappa shape index (κ2) is 9.62. The fraction of sp³-hybridized carbons (Fsp3) is 0.333. The van der Waals surface area contributed by atoms with Gasteiger partial charge in [0.25, 0.3) is 10.0 Å². The average molecular weight is 432 g/mol. The zero-order chi connectivity index (χ0) is 21.6. The molecule has 0 unspecified atom stereocenters. The Kier molecular flexibility index (Phi) is 6.94. The number of fused-ring (bicyclic) bond motifs is 1. The van der Waals surface area contributed by atoms with Crippen molar-refractivity contribution < 1.29 is 22.7 Å². The van der Waals surface area contributed by atoms with Crippen molar-refractivity contribution in [1.29, 1.82) is 0 Å². The maximum absolute atomic E-state index is 12.2. The van der Waals surface area contributed by atoms with E-state index in [0.717, 1.165) is 12.8 Å². The average Bonchev–Trinajstić information content (AvgIpc) is 3.01. The highest BCUT2D eigenvalue weighted by molar-refractivity contribution is 7.90. The molecule has 2 N–H and O–H groups in total. The number of hydrogen-bond donors (Lipinski definition) is 2. The van der Waals surface area contributed by atoms with E-state index in [9.17, 15) is 13.2 Å². The Morgan fingerprint density at radius 3 is 2.63 bits per heavy atom. The number of methoxy groups -OCH3 is 2. The van der Waals surface area contributed by atoms with Gasteiger partial charge in [0.2, 0.25) is 5.91 Å². The minimum absolute atomic E-state index is 0.106. The number of aliphatic imine (C=N–C) groups is 1. The molecule has 1 aliphatic heterocycles. The van der Waals surface area contributed by atoms with Crippen molar-refractivity contribution >= 4 is 27.5 Å². The summed E-state index contributed by atoms with van der Waals surface area (Å²) in [5, 5.41) is 2.84. The molecule has 2 aromatic rings. The van der Waals surface area contributed by atoms with E-state index < -0.39 is 10.0 Å². The summed E-state index contributed by atoms with van der Waals surface area (Å²) < 4.78 is 37.0. The van der Waals surface area contributed by atoms with Gasteiger partial charge in [-0.2, -0.15) is 0 Å². The summed E-state index contributed by atoms with van der Waals surface area (Å²) >= 11 is 0. The zero-order valence-corrected chi connectivity index (χ0v) is 17.8. The van der Waals surface area contributed by atoms with E-state index in [0.29, 0.717) is 48.0 Å². The largest absolute Gasteiger partial charge is 0.497 e. The molecule has 0 aliphatic carbocycles. The molecule has 0 aromatic heterocycles. The highest BCUT2D eigenvalue weighted by atomic mass is 32.2. The second-order valence-corrected chi connectivity index (χ2v) is 8.41. The molecular weight excluding hydrogens is 406 g/mol. The van der Waals surface area contributed by atoms with Crippen molar-refractivity contribution in [1.82, 2.24) is 4.72 Å². The lowest BCUT2D eigenvalue weighted by atomic mass is 10.1. The number of hydrogen-bond acceptors (Lipinski definition) is 6. The van der Waals surface area contributed by atoms with Crippen molar-refractivity contribution in [3.05, 3.63) is 48.0 Å². The van der Waals surface area contributed by atoms with E-state index in [2.05, 4.69) is 15.0 Å². The Bertz CT molecular complexity index is 1050. The minimum Gasteiger partial charge on any atom is -0.497 e. The number of amidine groups is 1. The third-order valence-electron chi connectivity index (χ3n) is 4.68. The van der Waals surface area contributed by atoms with Crippen molar-refractivity contribution in [2.75, 3.05) is 26.1 Å². The van der Waals surface area contributed by atoms with Gasteiger partial charge in [-0.1, -0.05) is 18.6 Å². The van der Waals surface area contributed by atoms with Crippen LogP contribution in [-0.4, -0.2) is 40.9 Å². The first kappa shape index (κ1) is 21.6. The van der Waals surface area contributed by atoms with Gasteiger partial charge in [0, 0.05) is 24.6 Å². The Hall–Kier alpha value is -3.07. The molecule has 0 atom stereocenters. The van der Waals surface area contributed by atoms with E-state index in [1.807, 2.05) is 0 Å². The van der Waals surface area contributed by atoms with Gasteiger partial charge in [-0.3, -0.25) is 14.5 Å². The van der Waals surface area contributed by atoms with Crippen LogP contribution in [0.25, 0.3) is 0 Å². The molecule has 0 saturated carbocycles. The summed E-state index contributed by atoms with van der Waals surface area (Å²) in [5.41, 5.74) is 1.17. The second-order valence-electron chi connectivity index (χ2n) is 6.76. The summed E-state index contributed by atoms with van der Waals surface area (Å²) in [4.78, 5) is 16.9. The normalized spacial score (nSPS) is 15.3. The molecule has 2 aromatic carbocycles. The number of carbonyl (C=O) groups is 1. The SMILES string of the molecule is COc1ccc(OC)c(NC(=O)CCCCCN=C2NS(=O)(=O)c3ccccc32)c1. The van der Waals surface area contributed by atoms with E-state index in [1.165, 1.54) is 0 Å². The first-order valence-corrected chi connectivity index (χ1v) is 11.1. The number of anilines is 1. The number of carbonyl (C=O) groups excluding carboxylic acids is 1. The number of rotatable bonds is 9. The van der Waals surface area contributed by atoms with Gasteiger partial charge in [0.05, 0.1) is 24.8 Å². The van der Waals surface area contributed by atoms with Gasteiger partial charge >= 0.3 is 0 Å². The summed E-state index contributed by atoms with van der Waals surface area (Å²) in [6.45, 7) is 0.484. The Morgan fingerprint density at radius 2 is 1.87 bits per heavy atom. The summed E-state index contributed by atoms with van der Waals surface area (Å²) in [5.74, 6) is 1.48. The van der Waals surface area contributed by atoms with Gasteiger partial charge in [-0.05, 0) is 37.1 Å². The molecule has 0 bridgehead atoms. The number of benzene rings is 2. The Labute approximate surface area is 176 Å². The molecule has 8 nitrogen and oxygen atoms in total. The Balaban J connectivity index is 1.44. The number of nitrogens with zero attached hydrogens (tertiary/aromatic N) is 1. The van der Waals surface area contributed by atoms with Gasteiger partial charge < -0.3 is 14.8 Å². The standard InChI is InChI=1S/C21H25N3O5S/c1-28-15-11-12-18(29-2)17(14-15)23-20(25)10-4-3-7-13-22-21-16-8-5-6-9-19(16)30(26,27)24-21/h5-6,8-9,11-12,14H,3-4,7,10,13H2,1-2H3,(H,22,24)(H,23,25). The number of sulfonamides is 1. The molecule has 1 heterocycles. The lowest BCUT2D eigenvalue weighted by Gasteiger charge is -2.11. The van der Waals surface area contributed by atoms with E-state index >= 15 is 0 Å². The Morgan fingerprint density at radius 1 is 1.07 bits per heavy atom. The highest BCUT2D eigenvalue weighted by Gasteiger charge is 2.29. The van der Waals surface area contributed by atoms with Crippen molar-refractivity contribution in [2.24, 2.45) is 4.99 Å². The van der Waals surface area contributed by atoms with Crippen molar-refractivity contribution in [3.8, 4) is 11.5 Å². The quantitative estimate of drug-likeness (QED) is 0.594. The topological polar surface area (TPSA) is 106 Å². The maximum atomic E-state index is 12.2. The van der Waals surface area contributed by atoms with Gasteiger partial charge in [0.15, 0.2) is 0 Å². The number of unbranched alkanes of at least 4 members (excludes halogenated alkanes) is 2. The van der Waals surface area contributed by atoms with Crippen LogP contribution in [-0.2, 0) is 14.8 Å². The minimum atomic E-state index is -3.51. The third kappa shape index (κ3) is 5.10. The van der Waals surface area contributed by atoms with Crippen LogP contribution in [0.4, 0.5) is 5.69 Å². The fourth-order valence-electron chi connectivity index (χ4n) is 3.14. The molecule has 0 radical (unpaired) electrons. The van der Waals surface area contributed by atoms with E-state index in [4.69, 9.17) is 9.47 Å². The molecule has 160 valence electrons. The summed E-state index contributed by atoms with van der Waals surface area (Å²) in [7, 11) is -0.402. The van der Waals surface area contributed by atoms with E-state index in [1.54, 1.807) is 56.7 Å². The molecule has 30 heavy (non-hydrogen) atoms. The van der Waals surface area contributed by atoms with Crippen LogP contribution in [0.5, 0.6) is 11.5 Å². The molecular formula is C21H25N3O5S. The van der Waals surface area contributed by atoms with Crippen LogP contribution in [0.15, 0.2) is 52.4 Å². The van der Waals surface area contributed by atoms with Crippen LogP contribution in [0, 0.1) is 0 Å². The number of amides is 1. The van der Waals surface area contributed by atoms with Crippen molar-refractivity contribution in [3.63, 3.8) is 0 Å². The summed E-state index contributed by atoms with van der Waals surface area (Å²) in [6, 6.07) is 12.0. The summed E-state index contributed by atoms with van der Waals surface area (Å²) in [6.07, 6.45) is 2.62. The lowest BCUT2D eigenvalue weighted by Crippen LogP contribution is -2.22. The molecule has 0 saturated heterocycles. The molecule has 1 aliphatic rings. The molecule has 0 fully saturated rings. The highest BCUT2D eigenvalue weighted by Crippen LogP contribution is 2.29. The zero-order valence-electron chi connectivity index (χ0n) is 17.0. The predicted octanol–water partition coefficient (Wildman–Crippen LogP) is 2.94. The lowest BCUT2D eigenvalue weighted by molar-refractivity contribution is -0.116. The molecule has 9 heteroatoms. The predicted molar refractivity (Wildman–Crippen MR) is 115 cm³/mol. The monoisotopic (exact) mass is 431 g/mol. The smallest absolute Gasteiger partial charge is 0.263 e. The fourth-order valence-corrected chi connectivity index (χ4v) is 4.39. The maximum Gasteiger partial charge on any atom is 0.263 e. The van der Waals surface area contributed by atoms with Crippen LogP contribution in [0.1, 0.15) is 31.2 Å². The van der Waals surface area contributed by atoms with Crippen LogP contribution in [0.2, 0.25) is 0 Å². The van der Waals surface area contributed by atoms with Gasteiger partial charge in [-0.15, -0.1) is 0 Å². The molecule has 1 amide bonds. The first-order valence-electron chi connectivity index (χ1n) is 9.63. The van der Waals surface area contributed by atoms with Crippen LogP contribution in [0.3, 0.4) is 0 Å². The van der Waals surface area contributed by atoms with Crippen LogP contribution >= 0.6 is 0 Å². The van der Waals surface area contributed by atoms with Crippen molar-refractivity contribution in [2.45, 2.75) is 30.6 Å². The third-order valence-corrected chi connectivity index (χ3v) is 6.07. The van der Waals surface area contributed by atoms with Gasteiger partial charge in [0.1, 0.15) is 17.3 Å². The van der Waals surface area contributed by atoms with Gasteiger partial charge in [-0.25, -0.2) is 8.42 Å². The van der Waals surface area contributed by atoms with Crippen LogP contribution < -0.4 is 19.5 Å². The molecule has 3 rings (SSSR count). The van der Waals surface area contributed by atoms with E-state index in [-0.39, 0.29) is 10.8 Å². The molecule has 0 spiro atoms. The number of ether oxygens (including phenoxy) is 2. The first-order chi connectivity index (χ1) is 14.4. The number of nitrogens with one attached hydrogen (secondary N) is 2.